The molecule has 34 heavy (non-hydrogen) atoms. The molecule has 2 aromatic carbocycles. The molecule has 1 atom stereocenters. The van der Waals surface area contributed by atoms with Crippen LogP contribution in [0.15, 0.2) is 73.4 Å². The van der Waals surface area contributed by atoms with Crippen LogP contribution in [0, 0.1) is 5.92 Å². The van der Waals surface area contributed by atoms with Gasteiger partial charge in [-0.15, -0.1) is 0 Å². The van der Waals surface area contributed by atoms with Crippen LogP contribution in [0.4, 0.5) is 10.5 Å². The molecule has 1 aliphatic heterocycles. The SMILES string of the molecule is Cn1cnc(COc2ccc(-c3cn(C(=O)NCC4CCN(c5ccccc5)C4)cn3)cc2)n1. The molecule has 5 rings (SSSR count). The van der Waals surface area contributed by atoms with Gasteiger partial charge in [-0.3, -0.25) is 9.25 Å². The second-order valence-corrected chi connectivity index (χ2v) is 8.44. The quantitative estimate of drug-likeness (QED) is 0.458. The van der Waals surface area contributed by atoms with E-state index in [0.29, 0.717) is 24.9 Å². The second kappa shape index (κ2) is 9.78. The van der Waals surface area contributed by atoms with Crippen LogP contribution in [0.25, 0.3) is 11.3 Å². The molecule has 4 aromatic rings. The van der Waals surface area contributed by atoms with E-state index in [2.05, 4.69) is 49.5 Å². The van der Waals surface area contributed by atoms with Crippen LogP contribution in [0.2, 0.25) is 0 Å². The van der Waals surface area contributed by atoms with E-state index in [9.17, 15) is 4.79 Å². The third kappa shape index (κ3) is 5.09. The molecule has 0 spiro atoms. The van der Waals surface area contributed by atoms with Gasteiger partial charge in [-0.2, -0.15) is 5.10 Å². The first-order valence-electron chi connectivity index (χ1n) is 11.3. The number of hydrogen-bond donors (Lipinski definition) is 1. The third-order valence-electron chi connectivity index (χ3n) is 5.93. The van der Waals surface area contributed by atoms with E-state index < -0.39 is 0 Å². The molecule has 0 saturated carbocycles. The van der Waals surface area contributed by atoms with Crippen LogP contribution in [-0.2, 0) is 13.7 Å². The van der Waals surface area contributed by atoms with Crippen molar-refractivity contribution in [3.63, 3.8) is 0 Å². The van der Waals surface area contributed by atoms with Crippen LogP contribution in [-0.4, -0.2) is 50.0 Å². The lowest BCUT2D eigenvalue weighted by Crippen LogP contribution is -2.33. The summed E-state index contributed by atoms with van der Waals surface area (Å²) >= 11 is 0. The largest absolute Gasteiger partial charge is 0.486 e. The van der Waals surface area contributed by atoms with Gasteiger partial charge in [0, 0.05) is 44.1 Å². The Bertz CT molecular complexity index is 1230. The van der Waals surface area contributed by atoms with Gasteiger partial charge < -0.3 is 15.0 Å². The number of nitrogens with zero attached hydrogens (tertiary/aromatic N) is 6. The summed E-state index contributed by atoms with van der Waals surface area (Å²) in [6.07, 6.45) is 6.00. The predicted octanol–water partition coefficient (Wildman–Crippen LogP) is 3.34. The molecule has 1 aliphatic rings. The van der Waals surface area contributed by atoms with E-state index in [-0.39, 0.29) is 6.03 Å². The zero-order valence-electron chi connectivity index (χ0n) is 19.0. The number of carbonyl (C=O) groups excluding carboxylic acids is 1. The second-order valence-electron chi connectivity index (χ2n) is 8.44. The Labute approximate surface area is 198 Å². The van der Waals surface area contributed by atoms with E-state index in [1.54, 1.807) is 23.5 Å². The molecule has 1 amide bonds. The van der Waals surface area contributed by atoms with Gasteiger partial charge in [0.2, 0.25) is 0 Å². The Hall–Kier alpha value is -4.14. The lowest BCUT2D eigenvalue weighted by atomic mass is 10.1. The fraction of sp³-hybridized carbons (Fsp3) is 0.280. The average Bonchev–Trinajstić information content (AvgIpc) is 3.63. The number of hydrogen-bond acceptors (Lipinski definition) is 6. The number of nitrogens with one attached hydrogen (secondary N) is 1. The molecular weight excluding hydrogens is 430 g/mol. The van der Waals surface area contributed by atoms with Gasteiger partial charge in [-0.05, 0) is 48.7 Å². The molecule has 0 bridgehead atoms. The summed E-state index contributed by atoms with van der Waals surface area (Å²) in [6.45, 7) is 2.91. The number of anilines is 1. The first kappa shape index (κ1) is 21.7. The number of imidazole rings is 1. The highest BCUT2D eigenvalue weighted by Gasteiger charge is 2.23. The Morgan fingerprint density at radius 2 is 1.91 bits per heavy atom. The Morgan fingerprint density at radius 1 is 1.09 bits per heavy atom. The molecule has 0 aliphatic carbocycles. The molecule has 1 unspecified atom stereocenters. The smallest absolute Gasteiger partial charge is 0.326 e. The Balaban J connectivity index is 1.12. The molecule has 9 heteroatoms. The number of rotatable bonds is 7. The number of ether oxygens (including phenoxy) is 1. The van der Waals surface area contributed by atoms with Gasteiger partial charge in [0.1, 0.15) is 25.0 Å². The van der Waals surface area contributed by atoms with Gasteiger partial charge in [0.15, 0.2) is 5.82 Å². The summed E-state index contributed by atoms with van der Waals surface area (Å²) < 4.78 is 8.86. The number of amides is 1. The Morgan fingerprint density at radius 3 is 2.68 bits per heavy atom. The molecule has 174 valence electrons. The monoisotopic (exact) mass is 457 g/mol. The van der Waals surface area contributed by atoms with Gasteiger partial charge in [0.05, 0.1) is 5.69 Å². The molecule has 3 heterocycles. The maximum Gasteiger partial charge on any atom is 0.326 e. The van der Waals surface area contributed by atoms with Crippen LogP contribution in [0.5, 0.6) is 5.75 Å². The number of carbonyl (C=O) groups is 1. The first-order chi connectivity index (χ1) is 16.6. The van der Waals surface area contributed by atoms with Crippen molar-refractivity contribution >= 4 is 11.7 Å². The number of aromatic nitrogens is 5. The summed E-state index contributed by atoms with van der Waals surface area (Å²) in [4.78, 5) is 23.5. The standard InChI is InChI=1S/C25H27N7O2/c1-30-17-28-24(29-30)16-34-22-9-7-20(8-10-22)23-15-32(18-27-23)25(33)26-13-19-11-12-31(14-19)21-5-3-2-4-6-21/h2-10,15,17-19H,11-14,16H2,1H3,(H,26,33). The minimum Gasteiger partial charge on any atom is -0.486 e. The number of para-hydroxylation sites is 1. The van der Waals surface area contributed by atoms with Crippen molar-refractivity contribution in [1.29, 1.82) is 0 Å². The van der Waals surface area contributed by atoms with E-state index in [4.69, 9.17) is 4.74 Å². The predicted molar refractivity (Wildman–Crippen MR) is 129 cm³/mol. The van der Waals surface area contributed by atoms with E-state index in [0.717, 1.165) is 36.5 Å². The summed E-state index contributed by atoms with van der Waals surface area (Å²) in [5.74, 6) is 1.78. The van der Waals surface area contributed by atoms with Gasteiger partial charge in [-0.1, -0.05) is 18.2 Å². The average molecular weight is 458 g/mol. The normalized spacial score (nSPS) is 15.4. The van der Waals surface area contributed by atoms with E-state index >= 15 is 0 Å². The van der Waals surface area contributed by atoms with Crippen molar-refractivity contribution in [2.75, 3.05) is 24.5 Å². The van der Waals surface area contributed by atoms with Crippen LogP contribution >= 0.6 is 0 Å². The maximum absolute atomic E-state index is 12.6. The summed E-state index contributed by atoms with van der Waals surface area (Å²) in [7, 11) is 1.82. The van der Waals surface area contributed by atoms with E-state index in [1.807, 2.05) is 37.4 Å². The molecule has 1 fully saturated rings. The van der Waals surface area contributed by atoms with Gasteiger partial charge >= 0.3 is 6.03 Å². The van der Waals surface area contributed by atoms with Gasteiger partial charge in [0.25, 0.3) is 0 Å². The highest BCUT2D eigenvalue weighted by Crippen LogP contribution is 2.23. The molecule has 2 aromatic heterocycles. The maximum atomic E-state index is 12.6. The highest BCUT2D eigenvalue weighted by molar-refractivity contribution is 5.78. The number of benzene rings is 2. The van der Waals surface area contributed by atoms with Crippen molar-refractivity contribution in [2.45, 2.75) is 13.0 Å². The first-order valence-corrected chi connectivity index (χ1v) is 11.3. The number of aryl methyl sites for hydroxylation is 1. The van der Waals surface area contributed by atoms with Crippen LogP contribution in [0.3, 0.4) is 0 Å². The van der Waals surface area contributed by atoms with Crippen molar-refractivity contribution < 1.29 is 9.53 Å². The van der Waals surface area contributed by atoms with Crippen molar-refractivity contribution in [3.05, 3.63) is 79.3 Å². The van der Waals surface area contributed by atoms with E-state index in [1.165, 1.54) is 10.3 Å². The third-order valence-corrected chi connectivity index (χ3v) is 5.93. The minimum absolute atomic E-state index is 0.167. The fourth-order valence-corrected chi connectivity index (χ4v) is 4.10. The molecule has 1 saturated heterocycles. The van der Waals surface area contributed by atoms with Crippen molar-refractivity contribution in [2.24, 2.45) is 13.0 Å². The molecule has 9 nitrogen and oxygen atoms in total. The van der Waals surface area contributed by atoms with Crippen molar-refractivity contribution in [1.82, 2.24) is 29.6 Å². The van der Waals surface area contributed by atoms with Crippen LogP contribution in [0.1, 0.15) is 12.2 Å². The van der Waals surface area contributed by atoms with Crippen molar-refractivity contribution in [3.8, 4) is 17.0 Å². The summed E-state index contributed by atoms with van der Waals surface area (Å²) in [5.41, 5.74) is 2.87. The summed E-state index contributed by atoms with van der Waals surface area (Å²) in [5, 5.41) is 7.24. The Kier molecular flexibility index (Phi) is 6.24. The zero-order chi connectivity index (χ0) is 23.3. The minimum atomic E-state index is -0.167. The highest BCUT2D eigenvalue weighted by atomic mass is 16.5. The fourth-order valence-electron chi connectivity index (χ4n) is 4.10. The lowest BCUT2D eigenvalue weighted by molar-refractivity contribution is 0.240. The molecule has 0 radical (unpaired) electrons. The molecule has 1 N–H and O–H groups in total. The topological polar surface area (TPSA) is 90.1 Å². The zero-order valence-corrected chi connectivity index (χ0v) is 19.0. The lowest BCUT2D eigenvalue weighted by Gasteiger charge is -2.18. The van der Waals surface area contributed by atoms with Gasteiger partial charge in [-0.25, -0.2) is 14.8 Å². The summed E-state index contributed by atoms with van der Waals surface area (Å²) in [6, 6.07) is 17.8. The van der Waals surface area contributed by atoms with Crippen LogP contribution < -0.4 is 15.0 Å². The molecular formula is C25H27N7O2.